The summed E-state index contributed by atoms with van der Waals surface area (Å²) in [5, 5.41) is 12.9. The van der Waals surface area contributed by atoms with Gasteiger partial charge in [0.05, 0.1) is 12.2 Å². The average Bonchev–Trinajstić information content (AvgIpc) is 3.02. The number of rotatable bonds is 7. The number of hydrogen-bond donors (Lipinski definition) is 1. The molecular formula is C20H22N2O3S. The van der Waals surface area contributed by atoms with Crippen LogP contribution in [0.1, 0.15) is 42.2 Å². The molecule has 0 atom stereocenters. The van der Waals surface area contributed by atoms with Crippen LogP contribution in [0.4, 0.5) is 5.00 Å². The van der Waals surface area contributed by atoms with Crippen molar-refractivity contribution in [2.75, 3.05) is 18.5 Å². The van der Waals surface area contributed by atoms with E-state index >= 15 is 0 Å². The molecule has 6 heteroatoms. The Hall–Kier alpha value is -2.52. The van der Waals surface area contributed by atoms with Crippen LogP contribution in [0.2, 0.25) is 0 Å². The van der Waals surface area contributed by atoms with Crippen molar-refractivity contribution in [2.24, 2.45) is 0 Å². The Labute approximate surface area is 157 Å². The average molecular weight is 370 g/mol. The third kappa shape index (κ3) is 4.36. The number of hydrogen-bond acceptors (Lipinski definition) is 5. The van der Waals surface area contributed by atoms with E-state index in [1.807, 2.05) is 12.1 Å². The Balaban J connectivity index is 1.56. The van der Waals surface area contributed by atoms with E-state index < -0.39 is 0 Å². The molecule has 26 heavy (non-hydrogen) atoms. The standard InChI is InChI=1S/C20H22N2O3S/c1-2-11-24-14-7-9-15(10-8-14)25-13-19(23)22-20-17(12-21)16-5-3-4-6-18(16)26-20/h7-10H,2-6,11,13H2,1H3,(H,22,23). The van der Waals surface area contributed by atoms with Gasteiger partial charge in [-0.25, -0.2) is 0 Å². The van der Waals surface area contributed by atoms with Crippen LogP contribution in [0.5, 0.6) is 11.5 Å². The molecule has 1 N–H and O–H groups in total. The zero-order chi connectivity index (χ0) is 18.4. The number of fused-ring (bicyclic) bond motifs is 1. The van der Waals surface area contributed by atoms with Crippen LogP contribution in [-0.2, 0) is 17.6 Å². The van der Waals surface area contributed by atoms with Crippen molar-refractivity contribution in [3.05, 3.63) is 40.3 Å². The summed E-state index contributed by atoms with van der Waals surface area (Å²) in [5.41, 5.74) is 1.73. The lowest BCUT2D eigenvalue weighted by Gasteiger charge is -2.09. The normalized spacial score (nSPS) is 12.8. The molecule has 0 unspecified atom stereocenters. The maximum atomic E-state index is 12.2. The highest BCUT2D eigenvalue weighted by molar-refractivity contribution is 7.16. The lowest BCUT2D eigenvalue weighted by Crippen LogP contribution is -2.20. The van der Waals surface area contributed by atoms with Crippen LogP contribution in [0.3, 0.4) is 0 Å². The highest BCUT2D eigenvalue weighted by Crippen LogP contribution is 2.37. The first kappa shape index (κ1) is 18.3. The number of nitrogens with one attached hydrogen (secondary N) is 1. The van der Waals surface area contributed by atoms with Gasteiger partial charge in [0.1, 0.15) is 22.6 Å². The minimum absolute atomic E-state index is 0.0946. The zero-order valence-corrected chi connectivity index (χ0v) is 15.7. The number of thiophene rings is 1. The van der Waals surface area contributed by atoms with E-state index in [0.29, 0.717) is 22.9 Å². The Kier molecular flexibility index (Phi) is 6.13. The number of amides is 1. The first-order valence-corrected chi connectivity index (χ1v) is 9.73. The minimum atomic E-state index is -0.258. The molecule has 1 aromatic carbocycles. The number of carbonyl (C=O) groups is 1. The molecule has 136 valence electrons. The van der Waals surface area contributed by atoms with Gasteiger partial charge in [-0.1, -0.05) is 6.92 Å². The maximum absolute atomic E-state index is 12.2. The molecule has 0 fully saturated rings. The van der Waals surface area contributed by atoms with Crippen LogP contribution in [0.25, 0.3) is 0 Å². The zero-order valence-electron chi connectivity index (χ0n) is 14.8. The number of anilines is 1. The predicted molar refractivity (Wildman–Crippen MR) is 102 cm³/mol. The van der Waals surface area contributed by atoms with Gasteiger partial charge in [0.15, 0.2) is 6.61 Å². The van der Waals surface area contributed by atoms with Crippen molar-refractivity contribution < 1.29 is 14.3 Å². The molecule has 0 saturated carbocycles. The van der Waals surface area contributed by atoms with Crippen molar-refractivity contribution in [3.63, 3.8) is 0 Å². The van der Waals surface area contributed by atoms with E-state index in [0.717, 1.165) is 43.4 Å². The van der Waals surface area contributed by atoms with Crippen LogP contribution in [0, 0.1) is 11.3 Å². The summed E-state index contributed by atoms with van der Waals surface area (Å²) in [6.45, 7) is 2.63. The molecule has 1 aliphatic carbocycles. The van der Waals surface area contributed by atoms with Gasteiger partial charge < -0.3 is 14.8 Å². The molecule has 1 amide bonds. The number of carbonyl (C=O) groups excluding carboxylic acids is 1. The van der Waals surface area contributed by atoms with Gasteiger partial charge in [-0.15, -0.1) is 11.3 Å². The van der Waals surface area contributed by atoms with E-state index in [4.69, 9.17) is 9.47 Å². The summed E-state index contributed by atoms with van der Waals surface area (Å²) in [6.07, 6.45) is 5.12. The second-order valence-corrected chi connectivity index (χ2v) is 7.29. The maximum Gasteiger partial charge on any atom is 0.262 e. The lowest BCUT2D eigenvalue weighted by molar-refractivity contribution is -0.118. The number of nitriles is 1. The van der Waals surface area contributed by atoms with Gasteiger partial charge in [-0.05, 0) is 61.9 Å². The van der Waals surface area contributed by atoms with Crippen molar-refractivity contribution in [3.8, 4) is 17.6 Å². The summed E-state index contributed by atoms with van der Waals surface area (Å²) in [4.78, 5) is 13.4. The van der Waals surface area contributed by atoms with E-state index in [2.05, 4.69) is 18.3 Å². The monoisotopic (exact) mass is 370 g/mol. The Morgan fingerprint density at radius 2 is 1.88 bits per heavy atom. The molecule has 5 nitrogen and oxygen atoms in total. The third-order valence-corrected chi connectivity index (χ3v) is 5.41. The Morgan fingerprint density at radius 1 is 1.19 bits per heavy atom. The van der Waals surface area contributed by atoms with Crippen molar-refractivity contribution >= 4 is 22.2 Å². The van der Waals surface area contributed by atoms with E-state index in [1.54, 1.807) is 12.1 Å². The molecule has 0 bridgehead atoms. The van der Waals surface area contributed by atoms with Gasteiger partial charge in [-0.3, -0.25) is 4.79 Å². The van der Waals surface area contributed by atoms with Crippen molar-refractivity contribution in [1.29, 1.82) is 5.26 Å². The topological polar surface area (TPSA) is 71.3 Å². The lowest BCUT2D eigenvalue weighted by atomic mass is 9.96. The SMILES string of the molecule is CCCOc1ccc(OCC(=O)Nc2sc3c(c2C#N)CCCC3)cc1. The smallest absolute Gasteiger partial charge is 0.262 e. The fourth-order valence-electron chi connectivity index (χ4n) is 2.94. The van der Waals surface area contributed by atoms with Crippen LogP contribution in [0.15, 0.2) is 24.3 Å². The molecule has 2 aromatic rings. The molecule has 1 aromatic heterocycles. The summed E-state index contributed by atoms with van der Waals surface area (Å²) in [7, 11) is 0. The molecule has 0 saturated heterocycles. The first-order valence-electron chi connectivity index (χ1n) is 8.91. The van der Waals surface area contributed by atoms with Gasteiger partial charge in [0, 0.05) is 4.88 Å². The van der Waals surface area contributed by atoms with Gasteiger partial charge in [-0.2, -0.15) is 5.26 Å². The number of aryl methyl sites for hydroxylation is 1. The third-order valence-electron chi connectivity index (χ3n) is 4.20. The molecule has 0 aliphatic heterocycles. The fraction of sp³-hybridized carbons (Fsp3) is 0.400. The number of ether oxygens (including phenoxy) is 2. The van der Waals surface area contributed by atoms with Crippen LogP contribution in [-0.4, -0.2) is 19.1 Å². The van der Waals surface area contributed by atoms with Gasteiger partial charge in [0.25, 0.3) is 5.91 Å². The van der Waals surface area contributed by atoms with E-state index in [9.17, 15) is 10.1 Å². The minimum Gasteiger partial charge on any atom is -0.494 e. The quantitative estimate of drug-likeness (QED) is 0.788. The summed E-state index contributed by atoms with van der Waals surface area (Å²) < 4.78 is 11.0. The summed E-state index contributed by atoms with van der Waals surface area (Å²) >= 11 is 1.52. The largest absolute Gasteiger partial charge is 0.494 e. The van der Waals surface area contributed by atoms with Crippen molar-refractivity contribution in [2.45, 2.75) is 39.0 Å². The first-order chi connectivity index (χ1) is 12.7. The number of nitrogens with zero attached hydrogens (tertiary/aromatic N) is 1. The van der Waals surface area contributed by atoms with Gasteiger partial charge in [0.2, 0.25) is 0 Å². The molecule has 0 radical (unpaired) electrons. The molecule has 3 rings (SSSR count). The molecule has 1 aliphatic rings. The Bertz CT molecular complexity index is 806. The van der Waals surface area contributed by atoms with Crippen LogP contribution < -0.4 is 14.8 Å². The van der Waals surface area contributed by atoms with Gasteiger partial charge >= 0.3 is 0 Å². The highest BCUT2D eigenvalue weighted by atomic mass is 32.1. The van der Waals surface area contributed by atoms with E-state index in [1.165, 1.54) is 16.2 Å². The Morgan fingerprint density at radius 3 is 2.58 bits per heavy atom. The fourth-order valence-corrected chi connectivity index (χ4v) is 4.19. The summed E-state index contributed by atoms with van der Waals surface area (Å²) in [6, 6.07) is 9.45. The highest BCUT2D eigenvalue weighted by Gasteiger charge is 2.21. The second kappa shape index (κ2) is 8.72. The number of benzene rings is 1. The molecule has 0 spiro atoms. The molecule has 1 heterocycles. The summed E-state index contributed by atoms with van der Waals surface area (Å²) in [5.74, 6) is 1.13. The predicted octanol–water partition coefficient (Wildman–Crippen LogP) is 4.30. The van der Waals surface area contributed by atoms with Crippen LogP contribution >= 0.6 is 11.3 Å². The second-order valence-electron chi connectivity index (χ2n) is 6.18. The van der Waals surface area contributed by atoms with E-state index in [-0.39, 0.29) is 12.5 Å². The molecular weight excluding hydrogens is 348 g/mol. The van der Waals surface area contributed by atoms with Crippen molar-refractivity contribution in [1.82, 2.24) is 0 Å².